The van der Waals surface area contributed by atoms with Crippen LogP contribution in [0.1, 0.15) is 25.8 Å². The standard InChI is InChI=1S/C13H22N4O/c1-11(2)9-17(7-5-13(14)16-18)10-12-4-3-6-15-8-12/h3-4,6,8,11,18H,5,7,9-10H2,1-2H3,(H2,14,16). The van der Waals surface area contributed by atoms with Crippen LogP contribution in [0.3, 0.4) is 0 Å². The minimum Gasteiger partial charge on any atom is -0.409 e. The van der Waals surface area contributed by atoms with Crippen molar-refractivity contribution >= 4 is 5.84 Å². The maximum absolute atomic E-state index is 8.55. The molecule has 5 heteroatoms. The number of nitrogens with zero attached hydrogens (tertiary/aromatic N) is 3. The molecule has 0 aliphatic rings. The molecular formula is C13H22N4O. The van der Waals surface area contributed by atoms with Crippen LogP contribution in [0.25, 0.3) is 0 Å². The summed E-state index contributed by atoms with van der Waals surface area (Å²) in [4.78, 5) is 6.40. The summed E-state index contributed by atoms with van der Waals surface area (Å²) in [6, 6.07) is 4.00. The van der Waals surface area contributed by atoms with Gasteiger partial charge in [-0.3, -0.25) is 9.88 Å². The highest BCUT2D eigenvalue weighted by Crippen LogP contribution is 2.07. The molecule has 18 heavy (non-hydrogen) atoms. The first-order valence-corrected chi connectivity index (χ1v) is 6.19. The van der Waals surface area contributed by atoms with Gasteiger partial charge < -0.3 is 10.9 Å². The lowest BCUT2D eigenvalue weighted by Gasteiger charge is -2.23. The highest BCUT2D eigenvalue weighted by molar-refractivity contribution is 5.79. The Bertz CT molecular complexity index is 365. The van der Waals surface area contributed by atoms with Crippen molar-refractivity contribution in [2.75, 3.05) is 13.1 Å². The molecule has 0 atom stereocenters. The first-order chi connectivity index (χ1) is 8.61. The lowest BCUT2D eigenvalue weighted by Crippen LogP contribution is -2.31. The molecule has 0 spiro atoms. The number of amidine groups is 1. The molecule has 0 amide bonds. The van der Waals surface area contributed by atoms with Crippen LogP contribution in [0.4, 0.5) is 0 Å². The molecule has 5 nitrogen and oxygen atoms in total. The second-order valence-electron chi connectivity index (χ2n) is 4.83. The smallest absolute Gasteiger partial charge is 0.140 e. The largest absolute Gasteiger partial charge is 0.409 e. The predicted molar refractivity (Wildman–Crippen MR) is 72.4 cm³/mol. The average Bonchev–Trinajstić information content (AvgIpc) is 2.36. The summed E-state index contributed by atoms with van der Waals surface area (Å²) in [5, 5.41) is 11.6. The lowest BCUT2D eigenvalue weighted by atomic mass is 10.1. The number of aromatic nitrogens is 1. The third-order valence-electron chi connectivity index (χ3n) is 2.56. The Hall–Kier alpha value is -1.62. The monoisotopic (exact) mass is 250 g/mol. The van der Waals surface area contributed by atoms with Gasteiger partial charge in [-0.15, -0.1) is 0 Å². The van der Waals surface area contributed by atoms with Crippen molar-refractivity contribution in [2.24, 2.45) is 16.8 Å². The first-order valence-electron chi connectivity index (χ1n) is 6.19. The van der Waals surface area contributed by atoms with Gasteiger partial charge >= 0.3 is 0 Å². The molecule has 0 aliphatic carbocycles. The fourth-order valence-electron chi connectivity index (χ4n) is 1.82. The molecule has 0 saturated heterocycles. The van der Waals surface area contributed by atoms with Gasteiger partial charge in [-0.2, -0.15) is 0 Å². The van der Waals surface area contributed by atoms with E-state index in [0.29, 0.717) is 12.3 Å². The number of nitrogens with two attached hydrogens (primary N) is 1. The Morgan fingerprint density at radius 3 is 2.89 bits per heavy atom. The Morgan fingerprint density at radius 2 is 2.33 bits per heavy atom. The third-order valence-corrected chi connectivity index (χ3v) is 2.56. The van der Waals surface area contributed by atoms with Crippen molar-refractivity contribution in [3.63, 3.8) is 0 Å². The zero-order chi connectivity index (χ0) is 13.4. The van der Waals surface area contributed by atoms with Gasteiger partial charge in [0.05, 0.1) is 0 Å². The first kappa shape index (κ1) is 14.4. The van der Waals surface area contributed by atoms with E-state index in [1.807, 2.05) is 12.3 Å². The minimum atomic E-state index is 0.273. The molecule has 0 unspecified atom stereocenters. The van der Waals surface area contributed by atoms with Crippen LogP contribution in [0.5, 0.6) is 0 Å². The van der Waals surface area contributed by atoms with Gasteiger partial charge in [0.1, 0.15) is 5.84 Å². The van der Waals surface area contributed by atoms with Gasteiger partial charge in [0.2, 0.25) is 0 Å². The fourth-order valence-corrected chi connectivity index (χ4v) is 1.82. The summed E-state index contributed by atoms with van der Waals surface area (Å²) in [5.74, 6) is 0.851. The molecule has 1 aromatic rings. The topological polar surface area (TPSA) is 74.7 Å². The molecule has 0 bridgehead atoms. The van der Waals surface area contributed by atoms with Crippen LogP contribution in [0.2, 0.25) is 0 Å². The quantitative estimate of drug-likeness (QED) is 0.334. The van der Waals surface area contributed by atoms with Gasteiger partial charge in [-0.25, -0.2) is 0 Å². The fraction of sp³-hybridized carbons (Fsp3) is 0.538. The third kappa shape index (κ3) is 5.63. The van der Waals surface area contributed by atoms with Crippen LogP contribution in [0.15, 0.2) is 29.7 Å². The highest BCUT2D eigenvalue weighted by atomic mass is 16.4. The van der Waals surface area contributed by atoms with Crippen LogP contribution in [0, 0.1) is 5.92 Å². The van der Waals surface area contributed by atoms with E-state index >= 15 is 0 Å². The summed E-state index contributed by atoms with van der Waals surface area (Å²) in [5.41, 5.74) is 6.68. The van der Waals surface area contributed by atoms with E-state index in [1.165, 1.54) is 5.56 Å². The summed E-state index contributed by atoms with van der Waals surface area (Å²) in [7, 11) is 0. The van der Waals surface area contributed by atoms with E-state index in [0.717, 1.165) is 19.6 Å². The molecule has 3 N–H and O–H groups in total. The molecule has 0 radical (unpaired) electrons. The van der Waals surface area contributed by atoms with Crippen LogP contribution >= 0.6 is 0 Å². The van der Waals surface area contributed by atoms with Crippen molar-refractivity contribution in [1.29, 1.82) is 0 Å². The zero-order valence-electron chi connectivity index (χ0n) is 11.1. The summed E-state index contributed by atoms with van der Waals surface area (Å²) >= 11 is 0. The van der Waals surface area contributed by atoms with Crippen molar-refractivity contribution in [1.82, 2.24) is 9.88 Å². The molecule has 0 aromatic carbocycles. The molecule has 0 fully saturated rings. The number of oxime groups is 1. The van der Waals surface area contributed by atoms with Gasteiger partial charge in [-0.05, 0) is 17.5 Å². The van der Waals surface area contributed by atoms with E-state index in [1.54, 1.807) is 6.20 Å². The van der Waals surface area contributed by atoms with E-state index in [4.69, 9.17) is 10.9 Å². The van der Waals surface area contributed by atoms with Crippen LogP contribution in [-0.4, -0.2) is 34.0 Å². The lowest BCUT2D eigenvalue weighted by molar-refractivity contribution is 0.240. The number of rotatable bonds is 7. The Balaban J connectivity index is 2.55. The Kier molecular flexibility index (Phi) is 6.14. The van der Waals surface area contributed by atoms with Crippen molar-refractivity contribution in [3.8, 4) is 0 Å². The molecule has 1 aromatic heterocycles. The second kappa shape index (κ2) is 7.66. The molecular weight excluding hydrogens is 228 g/mol. The summed E-state index contributed by atoms with van der Waals surface area (Å²) in [6.45, 7) is 6.96. The zero-order valence-corrected chi connectivity index (χ0v) is 11.1. The minimum absolute atomic E-state index is 0.273. The van der Waals surface area contributed by atoms with Crippen LogP contribution < -0.4 is 5.73 Å². The molecule has 0 saturated carbocycles. The SMILES string of the molecule is CC(C)CN(CCC(N)=NO)Cc1cccnc1. The van der Waals surface area contributed by atoms with E-state index in [2.05, 4.69) is 35.0 Å². The van der Waals surface area contributed by atoms with Gasteiger partial charge in [0, 0.05) is 38.4 Å². The van der Waals surface area contributed by atoms with Crippen LogP contribution in [-0.2, 0) is 6.54 Å². The Morgan fingerprint density at radius 1 is 1.56 bits per heavy atom. The van der Waals surface area contributed by atoms with E-state index in [-0.39, 0.29) is 5.84 Å². The number of hydrogen-bond acceptors (Lipinski definition) is 4. The molecule has 1 rings (SSSR count). The Labute approximate surface area is 108 Å². The number of hydrogen-bond donors (Lipinski definition) is 2. The van der Waals surface area contributed by atoms with E-state index < -0.39 is 0 Å². The van der Waals surface area contributed by atoms with Crippen molar-refractivity contribution in [2.45, 2.75) is 26.8 Å². The summed E-state index contributed by atoms with van der Waals surface area (Å²) < 4.78 is 0. The average molecular weight is 250 g/mol. The second-order valence-corrected chi connectivity index (χ2v) is 4.83. The van der Waals surface area contributed by atoms with Crippen molar-refractivity contribution < 1.29 is 5.21 Å². The molecule has 100 valence electrons. The van der Waals surface area contributed by atoms with Crippen molar-refractivity contribution in [3.05, 3.63) is 30.1 Å². The van der Waals surface area contributed by atoms with Gasteiger partial charge in [0.15, 0.2) is 0 Å². The van der Waals surface area contributed by atoms with Gasteiger partial charge in [0.25, 0.3) is 0 Å². The summed E-state index contributed by atoms with van der Waals surface area (Å²) in [6.07, 6.45) is 4.22. The van der Waals surface area contributed by atoms with Gasteiger partial charge in [-0.1, -0.05) is 25.1 Å². The normalized spacial score (nSPS) is 12.3. The highest BCUT2D eigenvalue weighted by Gasteiger charge is 2.09. The number of pyridine rings is 1. The molecule has 1 heterocycles. The molecule has 0 aliphatic heterocycles. The maximum Gasteiger partial charge on any atom is 0.140 e. The maximum atomic E-state index is 8.55. The van der Waals surface area contributed by atoms with E-state index in [9.17, 15) is 0 Å². The predicted octanol–water partition coefficient (Wildman–Crippen LogP) is 1.68.